The monoisotopic (exact) mass is 544 g/mol. The maximum absolute atomic E-state index is 13.5. The summed E-state index contributed by atoms with van der Waals surface area (Å²) in [6, 6.07) is 9.72. The smallest absolute Gasteiger partial charge is 0.353 e. The highest BCUT2D eigenvalue weighted by molar-refractivity contribution is 6.30. The van der Waals surface area contributed by atoms with Crippen molar-refractivity contribution in [1.82, 2.24) is 24.8 Å². The van der Waals surface area contributed by atoms with Crippen molar-refractivity contribution < 1.29 is 13.2 Å². The fraction of sp³-hybridized carbons (Fsp3) is 0.385. The minimum absolute atomic E-state index is 0.0482. The van der Waals surface area contributed by atoms with Crippen LogP contribution in [0.1, 0.15) is 5.56 Å². The van der Waals surface area contributed by atoms with Crippen LogP contribution < -0.4 is 14.7 Å². The number of alkyl halides is 3. The Kier molecular flexibility index (Phi) is 7.66. The zero-order chi connectivity index (χ0) is 26.7. The van der Waals surface area contributed by atoms with Crippen LogP contribution in [0.15, 0.2) is 55.3 Å². The predicted molar refractivity (Wildman–Crippen MR) is 143 cm³/mol. The molecule has 0 radical (unpaired) electrons. The van der Waals surface area contributed by atoms with Crippen LogP contribution in [0.4, 0.5) is 30.9 Å². The van der Waals surface area contributed by atoms with E-state index in [1.807, 2.05) is 29.2 Å². The molecule has 0 unspecified atom stereocenters. The minimum Gasteiger partial charge on any atom is -0.353 e. The molecule has 2 aliphatic rings. The first-order chi connectivity index (χ1) is 18.3. The Morgan fingerprint density at radius 1 is 0.842 bits per heavy atom. The third-order valence-electron chi connectivity index (χ3n) is 6.69. The number of pyridine rings is 1. The van der Waals surface area contributed by atoms with E-state index in [0.717, 1.165) is 44.4 Å². The molecule has 1 aromatic carbocycles. The summed E-state index contributed by atoms with van der Waals surface area (Å²) in [4.78, 5) is 26.5. The van der Waals surface area contributed by atoms with Crippen LogP contribution in [0.2, 0.25) is 5.02 Å². The van der Waals surface area contributed by atoms with Crippen LogP contribution in [-0.4, -0.2) is 83.7 Å². The molecule has 0 saturated carbocycles. The van der Waals surface area contributed by atoms with Gasteiger partial charge in [-0.3, -0.25) is 4.90 Å². The summed E-state index contributed by atoms with van der Waals surface area (Å²) in [6.45, 7) is 9.51. The van der Waals surface area contributed by atoms with Crippen molar-refractivity contribution in [3.63, 3.8) is 0 Å². The van der Waals surface area contributed by atoms with E-state index in [9.17, 15) is 13.2 Å². The maximum Gasteiger partial charge on any atom is 0.419 e. The van der Waals surface area contributed by atoms with Crippen molar-refractivity contribution in [2.24, 2.45) is 0 Å². The van der Waals surface area contributed by atoms with E-state index in [4.69, 9.17) is 26.6 Å². The van der Waals surface area contributed by atoms with Gasteiger partial charge < -0.3 is 14.7 Å². The average molecular weight is 545 g/mol. The van der Waals surface area contributed by atoms with Crippen LogP contribution in [-0.2, 0) is 6.18 Å². The number of benzene rings is 1. The third-order valence-corrected chi connectivity index (χ3v) is 6.93. The van der Waals surface area contributed by atoms with Gasteiger partial charge >= 0.3 is 6.18 Å². The van der Waals surface area contributed by atoms with Gasteiger partial charge in [0.25, 0.3) is 0 Å². The van der Waals surface area contributed by atoms with Crippen LogP contribution in [0, 0.1) is 0 Å². The van der Waals surface area contributed by atoms with E-state index in [-0.39, 0.29) is 5.82 Å². The Hall–Kier alpha value is -3.44. The number of hydrogen-bond acceptors (Lipinski definition) is 8. The molecule has 2 aromatic heterocycles. The molecule has 0 bridgehead atoms. The fourth-order valence-electron chi connectivity index (χ4n) is 4.69. The lowest BCUT2D eigenvalue weighted by atomic mass is 10.2. The summed E-state index contributed by atoms with van der Waals surface area (Å²) in [6.07, 6.45) is -1.18. The molecule has 5 rings (SSSR count). The van der Waals surface area contributed by atoms with Gasteiger partial charge in [0, 0.05) is 75.7 Å². The molecular weight excluding hydrogens is 517 g/mol. The molecule has 0 atom stereocenters. The highest BCUT2D eigenvalue weighted by Gasteiger charge is 2.36. The van der Waals surface area contributed by atoms with Gasteiger partial charge in [-0.05, 0) is 24.3 Å². The lowest BCUT2D eigenvalue weighted by Gasteiger charge is -2.37. The summed E-state index contributed by atoms with van der Waals surface area (Å²) >= 11 is 6.24. The van der Waals surface area contributed by atoms with Crippen LogP contribution >= 0.6 is 11.6 Å². The second-order valence-electron chi connectivity index (χ2n) is 9.19. The Morgan fingerprint density at radius 2 is 1.47 bits per heavy atom. The molecule has 12 heteroatoms. The van der Waals surface area contributed by atoms with Crippen LogP contribution in [0.3, 0.4) is 0 Å². The van der Waals surface area contributed by atoms with Gasteiger partial charge in [-0.1, -0.05) is 29.8 Å². The van der Waals surface area contributed by atoms with Gasteiger partial charge in [-0.15, -0.1) is 6.58 Å². The summed E-state index contributed by atoms with van der Waals surface area (Å²) in [5.74, 6) is 1.53. The lowest BCUT2D eigenvalue weighted by molar-refractivity contribution is -0.137. The Morgan fingerprint density at radius 3 is 2.08 bits per heavy atom. The van der Waals surface area contributed by atoms with Gasteiger partial charge in [-0.2, -0.15) is 28.1 Å². The second kappa shape index (κ2) is 11.1. The molecule has 0 amide bonds. The van der Waals surface area contributed by atoms with E-state index in [2.05, 4.69) is 21.4 Å². The van der Waals surface area contributed by atoms with Gasteiger partial charge in [0.2, 0.25) is 11.9 Å². The number of hydrogen-bond donors (Lipinski definition) is 0. The summed E-state index contributed by atoms with van der Waals surface area (Å²) < 4.78 is 40.6. The van der Waals surface area contributed by atoms with Gasteiger partial charge in [0.1, 0.15) is 5.82 Å². The van der Waals surface area contributed by atoms with Gasteiger partial charge in [0.15, 0.2) is 5.82 Å². The fourth-order valence-corrected chi connectivity index (χ4v) is 4.89. The topological polar surface area (TPSA) is 64.5 Å². The molecule has 2 fully saturated rings. The van der Waals surface area contributed by atoms with E-state index in [1.54, 1.807) is 11.0 Å². The molecule has 8 nitrogen and oxygen atoms in total. The van der Waals surface area contributed by atoms with Crippen LogP contribution in [0.25, 0.3) is 11.4 Å². The molecule has 3 aromatic rings. The van der Waals surface area contributed by atoms with Crippen molar-refractivity contribution in [3.8, 4) is 11.4 Å². The number of anilines is 3. The van der Waals surface area contributed by atoms with Crippen molar-refractivity contribution in [1.29, 1.82) is 0 Å². The van der Waals surface area contributed by atoms with Crippen molar-refractivity contribution in [2.75, 3.05) is 73.6 Å². The highest BCUT2D eigenvalue weighted by atomic mass is 35.5. The highest BCUT2D eigenvalue weighted by Crippen LogP contribution is 2.35. The number of piperazine rings is 2. The van der Waals surface area contributed by atoms with E-state index >= 15 is 0 Å². The van der Waals surface area contributed by atoms with Gasteiger partial charge in [0.05, 0.1) is 5.56 Å². The first-order valence-electron chi connectivity index (χ1n) is 12.4. The molecule has 0 aliphatic carbocycles. The second-order valence-corrected chi connectivity index (χ2v) is 9.63. The lowest BCUT2D eigenvalue weighted by Crippen LogP contribution is -2.49. The molecule has 0 spiro atoms. The number of rotatable bonds is 6. The maximum atomic E-state index is 13.5. The first kappa shape index (κ1) is 26.2. The molecular formula is C26H28ClF3N8. The van der Waals surface area contributed by atoms with Crippen LogP contribution in [0.5, 0.6) is 0 Å². The van der Waals surface area contributed by atoms with Crippen molar-refractivity contribution in [3.05, 3.63) is 65.8 Å². The number of halogens is 4. The third kappa shape index (κ3) is 5.83. The molecule has 4 heterocycles. The SMILES string of the molecule is C=CCN1CCN(c2nc(-c3cccc(Cl)c3)nc(N3CCN(c4ncccc4C(F)(F)F)CC3)n2)CC1. The minimum atomic E-state index is -4.47. The molecule has 38 heavy (non-hydrogen) atoms. The quantitative estimate of drug-likeness (QED) is 0.427. The number of aromatic nitrogens is 4. The zero-order valence-corrected chi connectivity index (χ0v) is 21.5. The first-order valence-corrected chi connectivity index (χ1v) is 12.8. The molecule has 2 saturated heterocycles. The predicted octanol–water partition coefficient (Wildman–Crippen LogP) is 4.24. The summed E-state index contributed by atoms with van der Waals surface area (Å²) in [7, 11) is 0. The van der Waals surface area contributed by atoms with Gasteiger partial charge in [-0.25, -0.2) is 4.98 Å². The van der Waals surface area contributed by atoms with E-state index in [0.29, 0.717) is 48.9 Å². The number of nitrogens with zero attached hydrogens (tertiary/aromatic N) is 8. The van der Waals surface area contributed by atoms with E-state index in [1.165, 1.54) is 12.3 Å². The molecule has 0 N–H and O–H groups in total. The van der Waals surface area contributed by atoms with Crippen molar-refractivity contribution in [2.45, 2.75) is 6.18 Å². The molecule has 2 aliphatic heterocycles. The Labute approximate surface area is 224 Å². The Balaban J connectivity index is 1.40. The van der Waals surface area contributed by atoms with Crippen molar-refractivity contribution >= 4 is 29.3 Å². The average Bonchev–Trinajstić information content (AvgIpc) is 2.93. The summed E-state index contributed by atoms with van der Waals surface area (Å²) in [5, 5.41) is 0.577. The summed E-state index contributed by atoms with van der Waals surface area (Å²) in [5.41, 5.74) is 0.0457. The normalized spacial score (nSPS) is 17.1. The largest absolute Gasteiger partial charge is 0.419 e. The Bertz CT molecular complexity index is 1270. The van der Waals surface area contributed by atoms with E-state index < -0.39 is 11.7 Å². The zero-order valence-electron chi connectivity index (χ0n) is 20.8. The molecule has 200 valence electrons. The standard InChI is InChI=1S/C26H28ClF3N8/c1-2-9-35-10-12-37(13-11-35)24-32-22(19-5-3-6-20(27)18-19)33-25(34-24)38-16-14-36(15-17-38)23-21(26(28,29)30)7-4-8-31-23/h2-8,18H,1,9-17H2.